The maximum atomic E-state index is 13.4. The van der Waals surface area contributed by atoms with Crippen LogP contribution in [-0.2, 0) is 4.79 Å². The number of halogens is 1. The highest BCUT2D eigenvalue weighted by atomic mass is 19.1. The number of likely N-dealkylation sites (tertiary alicyclic amines) is 1. The van der Waals surface area contributed by atoms with Gasteiger partial charge in [-0.15, -0.1) is 0 Å². The van der Waals surface area contributed by atoms with Crippen LogP contribution >= 0.6 is 0 Å². The van der Waals surface area contributed by atoms with E-state index >= 15 is 0 Å². The highest BCUT2D eigenvalue weighted by Gasteiger charge is 2.20. The van der Waals surface area contributed by atoms with Crippen molar-refractivity contribution < 1.29 is 18.3 Å². The summed E-state index contributed by atoms with van der Waals surface area (Å²) in [7, 11) is 0. The molecule has 168 valence electrons. The van der Waals surface area contributed by atoms with Gasteiger partial charge in [-0.05, 0) is 62.9 Å². The molecule has 0 bridgehead atoms. The number of amides is 1. The van der Waals surface area contributed by atoms with Gasteiger partial charge in [-0.1, -0.05) is 25.0 Å². The zero-order valence-corrected chi connectivity index (χ0v) is 19.0. The van der Waals surface area contributed by atoms with E-state index in [-0.39, 0.29) is 11.7 Å². The summed E-state index contributed by atoms with van der Waals surface area (Å²) < 4.78 is 25.3. The van der Waals surface area contributed by atoms with Crippen LogP contribution in [0, 0.1) is 12.7 Å². The number of allylic oxidation sites excluding steroid dienone is 1. The minimum atomic E-state index is -0.275. The minimum Gasteiger partial charge on any atom is -0.493 e. The van der Waals surface area contributed by atoms with Crippen molar-refractivity contribution in [3.8, 4) is 16.9 Å². The summed E-state index contributed by atoms with van der Waals surface area (Å²) in [6.45, 7) is 8.01. The van der Waals surface area contributed by atoms with Crippen LogP contribution in [0.15, 0.2) is 47.1 Å². The van der Waals surface area contributed by atoms with Gasteiger partial charge in [0.2, 0.25) is 5.91 Å². The number of carbonyl (C=O) groups excluding carboxylic acids is 1. The van der Waals surface area contributed by atoms with E-state index in [1.165, 1.54) is 25.0 Å². The Morgan fingerprint density at radius 3 is 2.50 bits per heavy atom. The van der Waals surface area contributed by atoms with Crippen molar-refractivity contribution in [2.75, 3.05) is 19.7 Å². The zero-order valence-electron chi connectivity index (χ0n) is 19.0. The second-order valence-electron chi connectivity index (χ2n) is 8.41. The largest absolute Gasteiger partial charge is 0.493 e. The van der Waals surface area contributed by atoms with Gasteiger partial charge >= 0.3 is 0 Å². The molecule has 2 heterocycles. The number of hydrogen-bond donors (Lipinski definition) is 0. The molecule has 0 radical (unpaired) electrons. The first kappa shape index (κ1) is 22.1. The van der Waals surface area contributed by atoms with Crippen molar-refractivity contribution >= 4 is 22.4 Å². The molecule has 0 aliphatic carbocycles. The van der Waals surface area contributed by atoms with E-state index in [2.05, 4.69) is 0 Å². The number of hydrogen-bond acceptors (Lipinski definition) is 3. The summed E-state index contributed by atoms with van der Waals surface area (Å²) in [5.74, 6) is 0.510. The molecule has 0 N–H and O–H groups in total. The molecule has 0 unspecified atom stereocenters. The molecule has 1 aliphatic heterocycles. The fourth-order valence-corrected chi connectivity index (χ4v) is 4.44. The maximum absolute atomic E-state index is 13.4. The van der Waals surface area contributed by atoms with Crippen LogP contribution < -0.4 is 4.74 Å². The maximum Gasteiger partial charge on any atom is 0.246 e. The Bertz CT molecular complexity index is 1140. The predicted molar refractivity (Wildman–Crippen MR) is 126 cm³/mol. The van der Waals surface area contributed by atoms with Gasteiger partial charge in [0.25, 0.3) is 0 Å². The standard InChI is InChI=1S/C27H30FNO3/c1-4-31-26-19(3)27-23(24(17-32-27)20-9-11-21(28)12-10-20)16-22(26)18(2)15-25(30)29-13-7-5-6-8-14-29/h9-12,15-17H,4-8,13-14H2,1-3H3/b18-15+. The molecule has 1 amide bonds. The first-order valence-corrected chi connectivity index (χ1v) is 11.4. The predicted octanol–water partition coefficient (Wildman–Crippen LogP) is 6.75. The third-order valence-corrected chi connectivity index (χ3v) is 6.17. The summed E-state index contributed by atoms with van der Waals surface area (Å²) in [6, 6.07) is 8.41. The number of ether oxygens (including phenoxy) is 1. The van der Waals surface area contributed by atoms with Crippen LogP contribution in [0.4, 0.5) is 4.39 Å². The Labute approximate surface area is 188 Å². The van der Waals surface area contributed by atoms with Crippen LogP contribution in [0.25, 0.3) is 27.7 Å². The SMILES string of the molecule is CCOc1c(/C(C)=C/C(=O)N2CCCCCC2)cc2c(-c3ccc(F)cc3)coc2c1C. The number of carbonyl (C=O) groups is 1. The number of aryl methyl sites for hydroxylation is 1. The average Bonchev–Trinajstić information content (AvgIpc) is 3.01. The number of fused-ring (bicyclic) bond motifs is 1. The molecule has 0 saturated carbocycles. The smallest absolute Gasteiger partial charge is 0.246 e. The quantitative estimate of drug-likeness (QED) is 0.416. The number of rotatable bonds is 5. The molecule has 3 aromatic rings. The third kappa shape index (κ3) is 4.43. The van der Waals surface area contributed by atoms with E-state index in [1.807, 2.05) is 31.7 Å². The zero-order chi connectivity index (χ0) is 22.7. The summed E-state index contributed by atoms with van der Waals surface area (Å²) in [4.78, 5) is 14.9. The molecule has 1 fully saturated rings. The molecule has 4 nitrogen and oxygen atoms in total. The second kappa shape index (κ2) is 9.60. The van der Waals surface area contributed by atoms with Crippen LogP contribution in [-0.4, -0.2) is 30.5 Å². The summed E-state index contributed by atoms with van der Waals surface area (Å²) >= 11 is 0. The van der Waals surface area contributed by atoms with Crippen molar-refractivity contribution in [1.82, 2.24) is 4.90 Å². The molecular weight excluding hydrogens is 405 g/mol. The van der Waals surface area contributed by atoms with Crippen molar-refractivity contribution in [2.45, 2.75) is 46.5 Å². The molecule has 0 spiro atoms. The van der Waals surface area contributed by atoms with Crippen molar-refractivity contribution in [3.63, 3.8) is 0 Å². The molecule has 1 aromatic heterocycles. The van der Waals surface area contributed by atoms with Gasteiger partial charge in [-0.2, -0.15) is 0 Å². The van der Waals surface area contributed by atoms with E-state index in [0.717, 1.165) is 70.5 Å². The Hall–Kier alpha value is -3.08. The first-order chi connectivity index (χ1) is 15.5. The molecule has 1 saturated heterocycles. The summed E-state index contributed by atoms with van der Waals surface area (Å²) in [5, 5.41) is 0.919. The summed E-state index contributed by atoms with van der Waals surface area (Å²) in [5.41, 5.74) is 5.13. The lowest BCUT2D eigenvalue weighted by molar-refractivity contribution is -0.125. The van der Waals surface area contributed by atoms with Crippen LogP contribution in [0.1, 0.15) is 50.7 Å². The van der Waals surface area contributed by atoms with Gasteiger partial charge < -0.3 is 14.1 Å². The Kier molecular flexibility index (Phi) is 6.63. The van der Waals surface area contributed by atoms with Crippen molar-refractivity contribution in [3.05, 3.63) is 59.6 Å². The van der Waals surface area contributed by atoms with E-state index < -0.39 is 0 Å². The topological polar surface area (TPSA) is 42.7 Å². The molecule has 0 atom stereocenters. The average molecular weight is 436 g/mol. The number of nitrogens with zero attached hydrogens (tertiary/aromatic N) is 1. The molecule has 2 aromatic carbocycles. The van der Waals surface area contributed by atoms with Gasteiger partial charge in [0.15, 0.2) is 0 Å². The van der Waals surface area contributed by atoms with E-state index in [4.69, 9.17) is 9.15 Å². The third-order valence-electron chi connectivity index (χ3n) is 6.17. The first-order valence-electron chi connectivity index (χ1n) is 11.4. The van der Waals surface area contributed by atoms with Crippen LogP contribution in [0.2, 0.25) is 0 Å². The van der Waals surface area contributed by atoms with Gasteiger partial charge in [0.1, 0.15) is 17.1 Å². The Morgan fingerprint density at radius 1 is 1.16 bits per heavy atom. The summed E-state index contributed by atoms with van der Waals surface area (Å²) in [6.07, 6.45) is 7.92. The van der Waals surface area contributed by atoms with Gasteiger partial charge in [0.05, 0.1) is 12.9 Å². The van der Waals surface area contributed by atoms with Crippen LogP contribution in [0.5, 0.6) is 5.75 Å². The fraction of sp³-hybridized carbons (Fsp3) is 0.370. The lowest BCUT2D eigenvalue weighted by Crippen LogP contribution is -2.30. The van der Waals surface area contributed by atoms with Crippen molar-refractivity contribution in [1.29, 1.82) is 0 Å². The highest BCUT2D eigenvalue weighted by molar-refractivity contribution is 6.01. The van der Waals surface area contributed by atoms with E-state index in [9.17, 15) is 9.18 Å². The fourth-order valence-electron chi connectivity index (χ4n) is 4.44. The lowest BCUT2D eigenvalue weighted by atomic mass is 9.96. The van der Waals surface area contributed by atoms with E-state index in [0.29, 0.717) is 6.61 Å². The molecule has 32 heavy (non-hydrogen) atoms. The lowest BCUT2D eigenvalue weighted by Gasteiger charge is -2.19. The van der Waals surface area contributed by atoms with E-state index in [1.54, 1.807) is 24.5 Å². The minimum absolute atomic E-state index is 0.0514. The van der Waals surface area contributed by atoms with Gasteiger partial charge in [0, 0.05) is 41.2 Å². The Morgan fingerprint density at radius 2 is 1.84 bits per heavy atom. The van der Waals surface area contributed by atoms with Crippen molar-refractivity contribution in [2.24, 2.45) is 0 Å². The molecule has 5 heteroatoms. The Balaban J connectivity index is 1.79. The monoisotopic (exact) mass is 435 g/mol. The van der Waals surface area contributed by atoms with Crippen LogP contribution in [0.3, 0.4) is 0 Å². The second-order valence-corrected chi connectivity index (χ2v) is 8.41. The highest BCUT2D eigenvalue weighted by Crippen LogP contribution is 2.40. The number of furan rings is 1. The molecule has 1 aliphatic rings. The van der Waals surface area contributed by atoms with Gasteiger partial charge in [-0.3, -0.25) is 4.79 Å². The number of benzene rings is 2. The molecule has 4 rings (SSSR count). The van der Waals surface area contributed by atoms with Gasteiger partial charge in [-0.25, -0.2) is 4.39 Å². The molecular formula is C27H30FNO3. The normalized spacial score (nSPS) is 15.1.